The molecule has 0 heterocycles. The van der Waals surface area contributed by atoms with E-state index in [4.69, 9.17) is 17.3 Å². The van der Waals surface area contributed by atoms with Crippen molar-refractivity contribution in [1.82, 2.24) is 0 Å². The Bertz CT molecular complexity index is 419. The number of carbonyl (C=O) groups is 1. The van der Waals surface area contributed by atoms with Gasteiger partial charge in [-0.15, -0.1) is 0 Å². The minimum absolute atomic E-state index is 0.152. The first kappa shape index (κ1) is 15.4. The first-order valence-electron chi connectivity index (χ1n) is 5.64. The van der Waals surface area contributed by atoms with Crippen molar-refractivity contribution >= 4 is 39.1 Å². The number of benzene rings is 1. The van der Waals surface area contributed by atoms with Gasteiger partial charge in [-0.1, -0.05) is 24.9 Å². The standard InChI is InChI=1S/C12H15BrClFN2O/c1-2-3-8(16)6-11(18)17-12-9(13)4-7(15)5-10(12)14/h4-5,8H,2-3,6,16H2,1H3,(H,17,18). The van der Waals surface area contributed by atoms with Gasteiger partial charge in [0.15, 0.2) is 0 Å². The van der Waals surface area contributed by atoms with Gasteiger partial charge in [0.1, 0.15) is 5.82 Å². The van der Waals surface area contributed by atoms with E-state index in [0.717, 1.165) is 18.9 Å². The summed E-state index contributed by atoms with van der Waals surface area (Å²) in [5, 5.41) is 2.78. The third kappa shape index (κ3) is 4.55. The number of hydrogen-bond donors (Lipinski definition) is 2. The second-order valence-corrected chi connectivity index (χ2v) is 5.31. The molecule has 0 spiro atoms. The predicted molar refractivity (Wildman–Crippen MR) is 75.2 cm³/mol. The van der Waals surface area contributed by atoms with E-state index < -0.39 is 5.82 Å². The van der Waals surface area contributed by atoms with Crippen LogP contribution in [0.5, 0.6) is 0 Å². The van der Waals surface area contributed by atoms with E-state index in [1.807, 2.05) is 6.92 Å². The first-order chi connectivity index (χ1) is 8.43. The molecule has 0 bridgehead atoms. The number of nitrogens with two attached hydrogens (primary N) is 1. The molecule has 1 aromatic carbocycles. The van der Waals surface area contributed by atoms with Crippen molar-refractivity contribution in [3.05, 3.63) is 27.4 Å². The molecule has 0 aliphatic carbocycles. The molecule has 1 amide bonds. The molecule has 3 nitrogen and oxygen atoms in total. The monoisotopic (exact) mass is 336 g/mol. The van der Waals surface area contributed by atoms with Crippen molar-refractivity contribution < 1.29 is 9.18 Å². The van der Waals surface area contributed by atoms with Crippen LogP contribution in [-0.4, -0.2) is 11.9 Å². The van der Waals surface area contributed by atoms with Crippen molar-refractivity contribution in [3.63, 3.8) is 0 Å². The first-order valence-corrected chi connectivity index (χ1v) is 6.81. The normalized spacial score (nSPS) is 12.3. The molecule has 1 unspecified atom stereocenters. The van der Waals surface area contributed by atoms with Crippen molar-refractivity contribution in [1.29, 1.82) is 0 Å². The lowest BCUT2D eigenvalue weighted by atomic mass is 10.1. The van der Waals surface area contributed by atoms with E-state index in [2.05, 4.69) is 21.2 Å². The van der Waals surface area contributed by atoms with Crippen molar-refractivity contribution in [2.75, 3.05) is 5.32 Å². The fourth-order valence-corrected chi connectivity index (χ4v) is 2.46. The maximum absolute atomic E-state index is 13.0. The van der Waals surface area contributed by atoms with E-state index in [1.54, 1.807) is 0 Å². The fraction of sp³-hybridized carbons (Fsp3) is 0.417. The Morgan fingerprint density at radius 2 is 2.28 bits per heavy atom. The Balaban J connectivity index is 2.70. The Kier molecular flexibility index (Phi) is 6.05. The maximum atomic E-state index is 13.0. The molecule has 1 aromatic rings. The van der Waals surface area contributed by atoms with Crippen LogP contribution in [0.2, 0.25) is 5.02 Å². The van der Waals surface area contributed by atoms with Crippen LogP contribution < -0.4 is 11.1 Å². The van der Waals surface area contributed by atoms with Gasteiger partial charge in [0.2, 0.25) is 5.91 Å². The average Bonchev–Trinajstić information content (AvgIpc) is 2.23. The molecule has 1 atom stereocenters. The number of nitrogens with one attached hydrogen (secondary N) is 1. The summed E-state index contributed by atoms with van der Waals surface area (Å²) in [7, 11) is 0. The molecule has 6 heteroatoms. The zero-order valence-corrected chi connectivity index (χ0v) is 12.3. The maximum Gasteiger partial charge on any atom is 0.226 e. The Labute approximate surface area is 119 Å². The van der Waals surface area contributed by atoms with Gasteiger partial charge in [-0.25, -0.2) is 4.39 Å². The van der Waals surface area contributed by atoms with Gasteiger partial charge in [-0.2, -0.15) is 0 Å². The molecule has 3 N–H and O–H groups in total. The highest BCUT2D eigenvalue weighted by Gasteiger charge is 2.13. The highest BCUT2D eigenvalue weighted by molar-refractivity contribution is 9.10. The lowest BCUT2D eigenvalue weighted by Gasteiger charge is -2.12. The Hall–Kier alpha value is -0.650. The minimum Gasteiger partial charge on any atom is -0.327 e. The van der Waals surface area contributed by atoms with E-state index in [-0.39, 0.29) is 23.4 Å². The lowest BCUT2D eigenvalue weighted by molar-refractivity contribution is -0.116. The quantitative estimate of drug-likeness (QED) is 0.861. The van der Waals surface area contributed by atoms with Crippen LogP contribution in [0.3, 0.4) is 0 Å². The van der Waals surface area contributed by atoms with Gasteiger partial charge >= 0.3 is 0 Å². The summed E-state index contributed by atoms with van der Waals surface area (Å²) in [5.74, 6) is -0.697. The van der Waals surface area contributed by atoms with Crippen molar-refractivity contribution in [3.8, 4) is 0 Å². The Morgan fingerprint density at radius 1 is 1.61 bits per heavy atom. The fourth-order valence-electron chi connectivity index (χ4n) is 1.56. The van der Waals surface area contributed by atoms with Gasteiger partial charge in [0, 0.05) is 16.9 Å². The lowest BCUT2D eigenvalue weighted by Crippen LogP contribution is -2.27. The number of halogens is 3. The van der Waals surface area contributed by atoms with E-state index >= 15 is 0 Å². The van der Waals surface area contributed by atoms with Gasteiger partial charge in [-0.3, -0.25) is 4.79 Å². The number of carbonyl (C=O) groups excluding carboxylic acids is 1. The summed E-state index contributed by atoms with van der Waals surface area (Å²) in [6.07, 6.45) is 1.93. The third-order valence-electron chi connectivity index (χ3n) is 2.38. The number of anilines is 1. The zero-order valence-electron chi connectivity index (χ0n) is 9.97. The van der Waals surface area contributed by atoms with E-state index in [9.17, 15) is 9.18 Å². The predicted octanol–water partition coefficient (Wildman–Crippen LogP) is 3.70. The average molecular weight is 338 g/mol. The largest absolute Gasteiger partial charge is 0.327 e. The minimum atomic E-state index is -0.465. The summed E-state index contributed by atoms with van der Waals surface area (Å²) in [6.45, 7) is 2.01. The summed E-state index contributed by atoms with van der Waals surface area (Å²) < 4.78 is 13.4. The highest BCUT2D eigenvalue weighted by Crippen LogP contribution is 2.31. The molecule has 0 saturated heterocycles. The Morgan fingerprint density at radius 3 is 2.83 bits per heavy atom. The molecule has 0 aliphatic heterocycles. The van der Waals surface area contributed by atoms with Crippen LogP contribution in [-0.2, 0) is 4.79 Å². The number of amides is 1. The van der Waals surface area contributed by atoms with Crippen LogP contribution in [0.25, 0.3) is 0 Å². The summed E-state index contributed by atoms with van der Waals surface area (Å²) >= 11 is 9.01. The summed E-state index contributed by atoms with van der Waals surface area (Å²) in [4.78, 5) is 11.7. The zero-order chi connectivity index (χ0) is 13.7. The van der Waals surface area contributed by atoms with E-state index in [1.165, 1.54) is 6.07 Å². The van der Waals surface area contributed by atoms with Crippen LogP contribution >= 0.6 is 27.5 Å². The van der Waals surface area contributed by atoms with Crippen LogP contribution in [0.1, 0.15) is 26.2 Å². The second kappa shape index (κ2) is 7.07. The summed E-state index contributed by atoms with van der Waals surface area (Å²) in [6, 6.07) is 2.22. The van der Waals surface area contributed by atoms with Gasteiger partial charge < -0.3 is 11.1 Å². The molecular weight excluding hydrogens is 322 g/mol. The van der Waals surface area contributed by atoms with Crippen molar-refractivity contribution in [2.24, 2.45) is 5.73 Å². The molecule has 0 radical (unpaired) electrons. The molecule has 100 valence electrons. The molecule has 18 heavy (non-hydrogen) atoms. The number of rotatable bonds is 5. The van der Waals surface area contributed by atoms with Crippen LogP contribution in [0, 0.1) is 5.82 Å². The summed E-state index contributed by atoms with van der Waals surface area (Å²) in [5.41, 5.74) is 6.14. The van der Waals surface area contributed by atoms with E-state index in [0.29, 0.717) is 10.2 Å². The molecule has 0 saturated carbocycles. The second-order valence-electron chi connectivity index (χ2n) is 4.05. The van der Waals surface area contributed by atoms with Crippen molar-refractivity contribution in [2.45, 2.75) is 32.2 Å². The molecular formula is C12H15BrClFN2O. The topological polar surface area (TPSA) is 55.1 Å². The van der Waals surface area contributed by atoms with Crippen LogP contribution in [0.4, 0.5) is 10.1 Å². The SMILES string of the molecule is CCCC(N)CC(=O)Nc1c(Cl)cc(F)cc1Br. The smallest absolute Gasteiger partial charge is 0.226 e. The third-order valence-corrected chi connectivity index (χ3v) is 3.30. The molecule has 0 aromatic heterocycles. The van der Waals surface area contributed by atoms with Gasteiger partial charge in [0.25, 0.3) is 0 Å². The molecule has 0 aliphatic rings. The van der Waals surface area contributed by atoms with Gasteiger partial charge in [-0.05, 0) is 34.5 Å². The molecule has 0 fully saturated rings. The molecule has 1 rings (SSSR count). The highest BCUT2D eigenvalue weighted by atomic mass is 79.9. The van der Waals surface area contributed by atoms with Gasteiger partial charge in [0.05, 0.1) is 10.7 Å². The van der Waals surface area contributed by atoms with Crippen LogP contribution in [0.15, 0.2) is 16.6 Å². The number of hydrogen-bond acceptors (Lipinski definition) is 2.